The number of nitrogens with zero attached hydrogens (tertiary/aromatic N) is 1. The van der Waals surface area contributed by atoms with Crippen molar-refractivity contribution in [3.05, 3.63) is 64.3 Å². The number of hydrogen-bond donors (Lipinski definition) is 2. The van der Waals surface area contributed by atoms with Crippen LogP contribution in [0.15, 0.2) is 57.9 Å². The zero-order valence-electron chi connectivity index (χ0n) is 15.7. The van der Waals surface area contributed by atoms with Crippen molar-refractivity contribution in [2.45, 2.75) is 25.3 Å². The second-order valence-electron chi connectivity index (χ2n) is 6.28. The fraction of sp³-hybridized carbons (Fsp3) is 0.250. The first-order valence-electron chi connectivity index (χ1n) is 9.02. The number of carbonyl (C=O) groups excluding carboxylic acids is 1. The van der Waals surface area contributed by atoms with Gasteiger partial charge in [-0.15, -0.1) is 0 Å². The monoisotopic (exact) mass is 463 g/mol. The predicted octanol–water partition coefficient (Wildman–Crippen LogP) is 3.89. The van der Waals surface area contributed by atoms with Crippen LogP contribution in [0.5, 0.6) is 0 Å². The molecule has 2 N–H and O–H groups in total. The van der Waals surface area contributed by atoms with E-state index in [1.807, 2.05) is 38.1 Å². The summed E-state index contributed by atoms with van der Waals surface area (Å²) >= 11 is 3.47. The van der Waals surface area contributed by atoms with Crippen molar-refractivity contribution in [1.29, 1.82) is 0 Å². The Morgan fingerprint density at radius 3 is 2.32 bits per heavy atom. The summed E-state index contributed by atoms with van der Waals surface area (Å²) in [4.78, 5) is 15.9. The Labute approximate surface area is 173 Å². The van der Waals surface area contributed by atoms with Crippen LogP contribution >= 0.6 is 15.9 Å². The molecule has 2 aromatic carbocycles. The average molecular weight is 464 g/mol. The predicted molar refractivity (Wildman–Crippen MR) is 114 cm³/mol. The van der Waals surface area contributed by atoms with Crippen molar-refractivity contribution in [1.82, 2.24) is 14.6 Å². The highest BCUT2D eigenvalue weighted by Gasteiger charge is 2.21. The standard InChI is InChI=1S/C20H22BrN3O3S/c1-3-24(4-2)28(26,27)15-11-9-14(10-12-15)13-22-20(25)19-18(21)16-7-5-6-8-17(16)23-19/h5-12,23H,3-4,13H2,1-2H3,(H,22,25). The molecule has 1 amide bonds. The Balaban J connectivity index is 1.71. The van der Waals surface area contributed by atoms with Crippen LogP contribution in [0.3, 0.4) is 0 Å². The Kier molecular flexibility index (Phi) is 6.22. The summed E-state index contributed by atoms with van der Waals surface area (Å²) in [5.41, 5.74) is 2.16. The van der Waals surface area contributed by atoms with E-state index in [2.05, 4.69) is 26.2 Å². The molecule has 0 unspecified atom stereocenters. The lowest BCUT2D eigenvalue weighted by atomic mass is 10.2. The zero-order chi connectivity index (χ0) is 20.3. The Morgan fingerprint density at radius 2 is 1.71 bits per heavy atom. The molecule has 0 aliphatic carbocycles. The van der Waals surface area contributed by atoms with Gasteiger partial charge in [0, 0.05) is 30.5 Å². The van der Waals surface area contributed by atoms with Gasteiger partial charge in [0.05, 0.1) is 9.37 Å². The lowest BCUT2D eigenvalue weighted by Crippen LogP contribution is -2.30. The number of nitrogens with one attached hydrogen (secondary N) is 2. The van der Waals surface area contributed by atoms with E-state index in [1.165, 1.54) is 4.31 Å². The summed E-state index contributed by atoms with van der Waals surface area (Å²) in [7, 11) is -3.48. The number of H-pyrrole nitrogens is 1. The maximum atomic E-state index is 12.5. The van der Waals surface area contributed by atoms with E-state index in [-0.39, 0.29) is 10.8 Å². The number of sulfonamides is 1. The van der Waals surface area contributed by atoms with E-state index in [0.29, 0.717) is 25.3 Å². The Hall–Kier alpha value is -2.16. The highest BCUT2D eigenvalue weighted by Crippen LogP contribution is 2.27. The van der Waals surface area contributed by atoms with E-state index in [1.54, 1.807) is 24.3 Å². The first-order chi connectivity index (χ1) is 13.4. The van der Waals surface area contributed by atoms with Crippen molar-refractivity contribution in [2.75, 3.05) is 13.1 Å². The minimum Gasteiger partial charge on any atom is -0.350 e. The van der Waals surface area contributed by atoms with Crippen molar-refractivity contribution in [3.63, 3.8) is 0 Å². The number of aromatic amines is 1. The molecule has 0 saturated heterocycles. The van der Waals surface area contributed by atoms with E-state index in [9.17, 15) is 13.2 Å². The van der Waals surface area contributed by atoms with Crippen LogP contribution in [-0.4, -0.2) is 36.7 Å². The van der Waals surface area contributed by atoms with Gasteiger partial charge in [-0.3, -0.25) is 4.79 Å². The molecule has 28 heavy (non-hydrogen) atoms. The molecule has 0 aliphatic rings. The number of amides is 1. The van der Waals surface area contributed by atoms with Crippen LogP contribution < -0.4 is 5.32 Å². The summed E-state index contributed by atoms with van der Waals surface area (Å²) in [6.45, 7) is 4.78. The van der Waals surface area contributed by atoms with Gasteiger partial charge in [0.2, 0.25) is 10.0 Å². The van der Waals surface area contributed by atoms with Gasteiger partial charge in [0.1, 0.15) is 5.69 Å². The second-order valence-corrected chi connectivity index (χ2v) is 9.01. The molecule has 0 atom stereocenters. The number of halogens is 1. The molecule has 0 bridgehead atoms. The second kappa shape index (κ2) is 8.46. The minimum atomic E-state index is -3.48. The summed E-state index contributed by atoms with van der Waals surface area (Å²) in [5, 5.41) is 3.80. The normalized spacial score (nSPS) is 11.9. The first kappa shape index (κ1) is 20.6. The minimum absolute atomic E-state index is 0.233. The Morgan fingerprint density at radius 1 is 1.07 bits per heavy atom. The largest absolute Gasteiger partial charge is 0.350 e. The molecular formula is C20H22BrN3O3S. The zero-order valence-corrected chi connectivity index (χ0v) is 18.1. The molecule has 0 saturated carbocycles. The summed E-state index contributed by atoms with van der Waals surface area (Å²) in [6, 6.07) is 14.3. The maximum Gasteiger partial charge on any atom is 0.269 e. The van der Waals surface area contributed by atoms with Crippen molar-refractivity contribution >= 4 is 42.8 Å². The Bertz CT molecular complexity index is 1090. The maximum absolute atomic E-state index is 12.5. The van der Waals surface area contributed by atoms with Crippen LogP contribution in [0.2, 0.25) is 0 Å². The third kappa shape index (κ3) is 3.99. The van der Waals surface area contributed by atoms with Crippen LogP contribution in [0.1, 0.15) is 29.9 Å². The lowest BCUT2D eigenvalue weighted by molar-refractivity contribution is 0.0946. The highest BCUT2D eigenvalue weighted by molar-refractivity contribution is 9.10. The molecule has 6 nitrogen and oxygen atoms in total. The fourth-order valence-electron chi connectivity index (χ4n) is 3.03. The fourth-order valence-corrected chi connectivity index (χ4v) is 5.11. The third-order valence-corrected chi connectivity index (χ3v) is 7.48. The van der Waals surface area contributed by atoms with E-state index in [0.717, 1.165) is 20.9 Å². The van der Waals surface area contributed by atoms with Gasteiger partial charge in [0.25, 0.3) is 5.91 Å². The molecule has 3 aromatic rings. The number of carbonyl (C=O) groups is 1. The van der Waals surface area contributed by atoms with Crippen LogP contribution in [0, 0.1) is 0 Å². The molecule has 0 radical (unpaired) electrons. The van der Waals surface area contributed by atoms with Crippen LogP contribution in [0.4, 0.5) is 0 Å². The molecular weight excluding hydrogens is 442 g/mol. The molecule has 8 heteroatoms. The number of para-hydroxylation sites is 1. The highest BCUT2D eigenvalue weighted by atomic mass is 79.9. The van der Waals surface area contributed by atoms with Gasteiger partial charge in [-0.2, -0.15) is 4.31 Å². The number of hydrogen-bond acceptors (Lipinski definition) is 3. The number of fused-ring (bicyclic) bond motifs is 1. The van der Waals surface area contributed by atoms with E-state index in [4.69, 9.17) is 0 Å². The molecule has 1 heterocycles. The molecule has 148 valence electrons. The summed E-state index contributed by atoms with van der Waals surface area (Å²) < 4.78 is 27.2. The first-order valence-corrected chi connectivity index (χ1v) is 11.2. The topological polar surface area (TPSA) is 82.3 Å². The van der Waals surface area contributed by atoms with Gasteiger partial charge in [-0.05, 0) is 39.7 Å². The van der Waals surface area contributed by atoms with Gasteiger partial charge >= 0.3 is 0 Å². The molecule has 0 spiro atoms. The average Bonchev–Trinajstić information content (AvgIpc) is 3.04. The van der Waals surface area contributed by atoms with Crippen molar-refractivity contribution in [3.8, 4) is 0 Å². The van der Waals surface area contributed by atoms with Crippen molar-refractivity contribution in [2.24, 2.45) is 0 Å². The van der Waals surface area contributed by atoms with E-state index >= 15 is 0 Å². The van der Waals surface area contributed by atoms with Gasteiger partial charge in [-0.25, -0.2) is 8.42 Å². The smallest absolute Gasteiger partial charge is 0.269 e. The summed E-state index contributed by atoms with van der Waals surface area (Å²) in [5.74, 6) is -0.233. The quantitative estimate of drug-likeness (QED) is 0.557. The van der Waals surface area contributed by atoms with Crippen LogP contribution in [-0.2, 0) is 16.6 Å². The molecule has 0 aliphatic heterocycles. The van der Waals surface area contributed by atoms with Crippen molar-refractivity contribution < 1.29 is 13.2 Å². The number of rotatable bonds is 7. The molecule has 0 fully saturated rings. The number of aromatic nitrogens is 1. The molecule has 3 rings (SSSR count). The van der Waals surface area contributed by atoms with Gasteiger partial charge in [-0.1, -0.05) is 44.2 Å². The SMILES string of the molecule is CCN(CC)S(=O)(=O)c1ccc(CNC(=O)c2[nH]c3ccccc3c2Br)cc1. The lowest BCUT2D eigenvalue weighted by Gasteiger charge is -2.18. The van der Waals surface area contributed by atoms with Crippen LogP contribution in [0.25, 0.3) is 10.9 Å². The summed E-state index contributed by atoms with van der Waals surface area (Å²) in [6.07, 6.45) is 0. The van der Waals surface area contributed by atoms with E-state index < -0.39 is 10.0 Å². The van der Waals surface area contributed by atoms with Gasteiger partial charge in [0.15, 0.2) is 0 Å². The molecule has 1 aromatic heterocycles. The van der Waals surface area contributed by atoms with Gasteiger partial charge < -0.3 is 10.3 Å². The third-order valence-electron chi connectivity index (χ3n) is 4.59. The number of benzene rings is 2.